The first kappa shape index (κ1) is 19.5. The summed E-state index contributed by atoms with van der Waals surface area (Å²) in [6.45, 7) is 8.12. The number of halogens is 1. The summed E-state index contributed by atoms with van der Waals surface area (Å²) in [5.74, 6) is -0.114. The van der Waals surface area contributed by atoms with Crippen LogP contribution in [0.15, 0.2) is 18.2 Å². The summed E-state index contributed by atoms with van der Waals surface area (Å²) in [5, 5.41) is 6.00. The van der Waals surface area contributed by atoms with Crippen LogP contribution < -0.4 is 16.4 Å². The van der Waals surface area contributed by atoms with E-state index < -0.39 is 0 Å². The number of rotatable bonds is 7. The predicted octanol–water partition coefficient (Wildman–Crippen LogP) is 3.04. The molecule has 0 aromatic heterocycles. The summed E-state index contributed by atoms with van der Waals surface area (Å²) < 4.78 is 0. The fourth-order valence-electron chi connectivity index (χ4n) is 2.11. The summed E-state index contributed by atoms with van der Waals surface area (Å²) in [6.07, 6.45) is 0.795. The molecule has 2 amide bonds. The monoisotopic (exact) mass is 339 g/mol. The van der Waals surface area contributed by atoms with Crippen LogP contribution in [0.25, 0.3) is 0 Å². The minimum Gasteiger partial charge on any atom is -0.348 e. The molecule has 5 nitrogen and oxygen atoms in total. The van der Waals surface area contributed by atoms with Gasteiger partial charge in [0.15, 0.2) is 0 Å². The molecule has 0 spiro atoms. The lowest BCUT2D eigenvalue weighted by Crippen LogP contribution is -2.41. The molecule has 23 heavy (non-hydrogen) atoms. The quantitative estimate of drug-likeness (QED) is 0.713. The molecule has 0 aliphatic rings. The summed E-state index contributed by atoms with van der Waals surface area (Å²) in [5.41, 5.74) is 6.59. The molecule has 1 aromatic carbocycles. The fraction of sp³-hybridized carbons (Fsp3) is 0.529. The van der Waals surface area contributed by atoms with Crippen molar-refractivity contribution in [3.8, 4) is 0 Å². The van der Waals surface area contributed by atoms with Crippen LogP contribution in [0.1, 0.15) is 44.5 Å². The molecule has 4 N–H and O–H groups in total. The Balaban J connectivity index is 2.89. The van der Waals surface area contributed by atoms with Gasteiger partial charge in [-0.15, -0.1) is 0 Å². The molecule has 0 heterocycles. The third-order valence-electron chi connectivity index (χ3n) is 3.38. The van der Waals surface area contributed by atoms with Gasteiger partial charge in [0.25, 0.3) is 5.91 Å². The smallest absolute Gasteiger partial charge is 0.253 e. The highest BCUT2D eigenvalue weighted by Gasteiger charge is 2.17. The molecular weight excluding hydrogens is 314 g/mol. The van der Waals surface area contributed by atoms with E-state index in [2.05, 4.69) is 24.5 Å². The van der Waals surface area contributed by atoms with Crippen LogP contribution in [0.3, 0.4) is 0 Å². The SMILES string of the molecule is CC(C)CC(CN)NC(=O)c1cc(NC(=O)C(C)C)ccc1Cl. The van der Waals surface area contributed by atoms with E-state index in [-0.39, 0.29) is 23.8 Å². The summed E-state index contributed by atoms with van der Waals surface area (Å²) >= 11 is 6.12. The van der Waals surface area contributed by atoms with Crippen molar-refractivity contribution < 1.29 is 9.59 Å². The number of carbonyl (C=O) groups excluding carboxylic acids is 2. The lowest BCUT2D eigenvalue weighted by atomic mass is 10.0. The van der Waals surface area contributed by atoms with Gasteiger partial charge in [-0.05, 0) is 30.5 Å². The highest BCUT2D eigenvalue weighted by molar-refractivity contribution is 6.34. The number of amides is 2. The zero-order valence-corrected chi connectivity index (χ0v) is 14.9. The van der Waals surface area contributed by atoms with Crippen LogP contribution in [0, 0.1) is 11.8 Å². The Labute approximate surface area is 143 Å². The number of hydrogen-bond acceptors (Lipinski definition) is 3. The minimum absolute atomic E-state index is 0.104. The van der Waals surface area contributed by atoms with E-state index >= 15 is 0 Å². The van der Waals surface area contributed by atoms with Gasteiger partial charge in [0.2, 0.25) is 5.91 Å². The molecule has 128 valence electrons. The van der Waals surface area contributed by atoms with Gasteiger partial charge in [-0.25, -0.2) is 0 Å². The van der Waals surface area contributed by atoms with E-state index in [9.17, 15) is 9.59 Å². The lowest BCUT2D eigenvalue weighted by molar-refractivity contribution is -0.118. The van der Waals surface area contributed by atoms with Gasteiger partial charge in [0, 0.05) is 24.2 Å². The third kappa shape index (κ3) is 6.20. The number of anilines is 1. The number of hydrogen-bond donors (Lipinski definition) is 3. The number of benzene rings is 1. The molecule has 1 atom stereocenters. The maximum absolute atomic E-state index is 12.4. The molecule has 0 saturated heterocycles. The number of carbonyl (C=O) groups is 2. The molecule has 6 heteroatoms. The van der Waals surface area contributed by atoms with Crippen molar-refractivity contribution in [2.45, 2.75) is 40.2 Å². The third-order valence-corrected chi connectivity index (χ3v) is 3.71. The average Bonchev–Trinajstić information content (AvgIpc) is 2.47. The van der Waals surface area contributed by atoms with Crippen molar-refractivity contribution in [1.29, 1.82) is 0 Å². The van der Waals surface area contributed by atoms with Crippen LogP contribution in [0.2, 0.25) is 5.02 Å². The Morgan fingerprint density at radius 3 is 2.39 bits per heavy atom. The van der Waals surface area contributed by atoms with Crippen molar-refractivity contribution in [3.63, 3.8) is 0 Å². The molecule has 0 aliphatic heterocycles. The number of nitrogens with two attached hydrogens (primary N) is 1. The predicted molar refractivity (Wildman–Crippen MR) is 94.7 cm³/mol. The largest absolute Gasteiger partial charge is 0.348 e. The Morgan fingerprint density at radius 1 is 1.22 bits per heavy atom. The first-order valence-electron chi connectivity index (χ1n) is 7.86. The van der Waals surface area contributed by atoms with E-state index in [4.69, 9.17) is 17.3 Å². The Bertz CT molecular complexity index is 559. The standard InChI is InChI=1S/C17H26ClN3O2/c1-10(2)7-13(9-19)21-17(23)14-8-12(5-6-15(14)18)20-16(22)11(3)4/h5-6,8,10-11,13H,7,9,19H2,1-4H3,(H,20,22)(H,21,23). The Kier molecular flexibility index (Phi) is 7.52. The van der Waals surface area contributed by atoms with Crippen LogP contribution in [-0.2, 0) is 4.79 Å². The number of nitrogens with one attached hydrogen (secondary N) is 2. The first-order chi connectivity index (χ1) is 10.7. The van der Waals surface area contributed by atoms with E-state index in [1.165, 1.54) is 0 Å². The molecule has 0 saturated carbocycles. The van der Waals surface area contributed by atoms with Crippen molar-refractivity contribution >= 4 is 29.1 Å². The molecule has 1 aromatic rings. The van der Waals surface area contributed by atoms with Crippen LogP contribution in [-0.4, -0.2) is 24.4 Å². The summed E-state index contributed by atoms with van der Waals surface area (Å²) in [4.78, 5) is 24.2. The second-order valence-electron chi connectivity index (χ2n) is 6.37. The zero-order valence-electron chi connectivity index (χ0n) is 14.2. The van der Waals surface area contributed by atoms with Gasteiger partial charge in [-0.1, -0.05) is 39.3 Å². The second kappa shape index (κ2) is 8.89. The van der Waals surface area contributed by atoms with Crippen LogP contribution >= 0.6 is 11.6 Å². The maximum atomic E-state index is 12.4. The molecule has 1 rings (SSSR count). The van der Waals surface area contributed by atoms with Gasteiger partial charge in [0.05, 0.1) is 10.6 Å². The van der Waals surface area contributed by atoms with E-state index in [0.717, 1.165) is 6.42 Å². The van der Waals surface area contributed by atoms with E-state index in [0.29, 0.717) is 28.7 Å². The molecule has 0 bridgehead atoms. The molecule has 0 radical (unpaired) electrons. The second-order valence-corrected chi connectivity index (χ2v) is 6.78. The van der Waals surface area contributed by atoms with E-state index in [1.54, 1.807) is 32.0 Å². The van der Waals surface area contributed by atoms with Gasteiger partial charge < -0.3 is 16.4 Å². The normalized spacial score (nSPS) is 12.3. The lowest BCUT2D eigenvalue weighted by Gasteiger charge is -2.19. The highest BCUT2D eigenvalue weighted by Crippen LogP contribution is 2.21. The minimum atomic E-state index is -0.285. The highest BCUT2D eigenvalue weighted by atomic mass is 35.5. The Morgan fingerprint density at radius 2 is 1.87 bits per heavy atom. The zero-order chi connectivity index (χ0) is 17.6. The van der Waals surface area contributed by atoms with Crippen molar-refractivity contribution in [1.82, 2.24) is 5.32 Å². The topological polar surface area (TPSA) is 84.2 Å². The summed E-state index contributed by atoms with van der Waals surface area (Å²) in [7, 11) is 0. The van der Waals surface area contributed by atoms with Crippen molar-refractivity contribution in [2.24, 2.45) is 17.6 Å². The van der Waals surface area contributed by atoms with Crippen molar-refractivity contribution in [3.05, 3.63) is 28.8 Å². The molecule has 0 fully saturated rings. The van der Waals surface area contributed by atoms with Crippen molar-refractivity contribution in [2.75, 3.05) is 11.9 Å². The Hall–Kier alpha value is -1.59. The summed E-state index contributed by atoms with van der Waals surface area (Å²) in [6, 6.07) is 4.76. The average molecular weight is 340 g/mol. The van der Waals surface area contributed by atoms with Gasteiger partial charge in [0.1, 0.15) is 0 Å². The maximum Gasteiger partial charge on any atom is 0.253 e. The molecule has 0 aliphatic carbocycles. The van der Waals surface area contributed by atoms with Gasteiger partial charge in [-0.3, -0.25) is 9.59 Å². The van der Waals surface area contributed by atoms with Crippen LogP contribution in [0.4, 0.5) is 5.69 Å². The molecule has 1 unspecified atom stereocenters. The first-order valence-corrected chi connectivity index (χ1v) is 8.23. The van der Waals surface area contributed by atoms with Gasteiger partial charge in [-0.2, -0.15) is 0 Å². The van der Waals surface area contributed by atoms with Crippen LogP contribution in [0.5, 0.6) is 0 Å². The fourth-order valence-corrected chi connectivity index (χ4v) is 2.31. The van der Waals surface area contributed by atoms with Gasteiger partial charge >= 0.3 is 0 Å². The molecular formula is C17H26ClN3O2. The van der Waals surface area contributed by atoms with E-state index in [1.807, 2.05) is 0 Å².